The molecule has 0 aromatic heterocycles. The Hall–Kier alpha value is -0.820. The van der Waals surface area contributed by atoms with Crippen molar-refractivity contribution in [3.63, 3.8) is 0 Å². The molecule has 1 aromatic rings. The van der Waals surface area contributed by atoms with Gasteiger partial charge in [0.2, 0.25) is 0 Å². The summed E-state index contributed by atoms with van der Waals surface area (Å²) >= 11 is 0. The summed E-state index contributed by atoms with van der Waals surface area (Å²) in [6.45, 7) is 4.02. The number of aliphatic imine (C=N–C) groups is 1. The van der Waals surface area contributed by atoms with Crippen LogP contribution in [0.3, 0.4) is 0 Å². The summed E-state index contributed by atoms with van der Waals surface area (Å²) in [5, 5.41) is 3.33. The third kappa shape index (κ3) is 5.64. The van der Waals surface area contributed by atoms with Gasteiger partial charge in [-0.2, -0.15) is 0 Å². The van der Waals surface area contributed by atoms with E-state index in [2.05, 4.69) is 45.5 Å². The largest absolute Gasteiger partial charge is 0.370 e. The van der Waals surface area contributed by atoms with Crippen molar-refractivity contribution in [2.24, 2.45) is 16.6 Å². The maximum atomic E-state index is 6.00. The van der Waals surface area contributed by atoms with Crippen molar-refractivity contribution in [1.82, 2.24) is 10.2 Å². The molecule has 0 bridgehead atoms. The first-order chi connectivity index (χ1) is 10.8. The summed E-state index contributed by atoms with van der Waals surface area (Å²) in [6.07, 6.45) is 6.53. The Kier molecular flexibility index (Phi) is 7.62. The number of nitrogens with one attached hydrogen (secondary N) is 1. The summed E-state index contributed by atoms with van der Waals surface area (Å²) in [6, 6.07) is 11.3. The Morgan fingerprint density at radius 1 is 1.17 bits per heavy atom. The van der Waals surface area contributed by atoms with Crippen LogP contribution in [0.15, 0.2) is 35.3 Å². The topological polar surface area (TPSA) is 53.6 Å². The van der Waals surface area contributed by atoms with Gasteiger partial charge in [0, 0.05) is 25.7 Å². The summed E-state index contributed by atoms with van der Waals surface area (Å²) < 4.78 is 0. The second-order valence-corrected chi connectivity index (χ2v) is 6.66. The third-order valence-corrected chi connectivity index (χ3v) is 4.99. The van der Waals surface area contributed by atoms with E-state index >= 15 is 0 Å². The lowest BCUT2D eigenvalue weighted by Gasteiger charge is -2.25. The molecule has 0 radical (unpaired) electrons. The van der Waals surface area contributed by atoms with E-state index in [1.807, 2.05) is 0 Å². The normalized spacial score (nSPS) is 22.4. The van der Waals surface area contributed by atoms with Crippen molar-refractivity contribution in [2.75, 3.05) is 19.6 Å². The van der Waals surface area contributed by atoms with Crippen LogP contribution in [0.1, 0.15) is 37.7 Å². The SMILES string of the molecule is I.NC(=NCC1CCC1)NCC1CCCN1Cc1ccccc1. The fourth-order valence-electron chi connectivity index (χ4n) is 3.33. The minimum atomic E-state index is 0. The molecule has 4 nitrogen and oxygen atoms in total. The van der Waals surface area contributed by atoms with Crippen LogP contribution in [0.25, 0.3) is 0 Å². The molecule has 1 aliphatic carbocycles. The predicted molar refractivity (Wildman–Crippen MR) is 107 cm³/mol. The molecule has 0 spiro atoms. The molecule has 2 fully saturated rings. The predicted octanol–water partition coefficient (Wildman–Crippen LogP) is 2.97. The molecule has 1 atom stereocenters. The molecule has 3 rings (SSSR count). The van der Waals surface area contributed by atoms with Crippen LogP contribution in [0.2, 0.25) is 0 Å². The van der Waals surface area contributed by atoms with Crippen LogP contribution in [-0.2, 0) is 6.54 Å². The van der Waals surface area contributed by atoms with Gasteiger partial charge < -0.3 is 11.1 Å². The monoisotopic (exact) mass is 428 g/mol. The van der Waals surface area contributed by atoms with E-state index in [1.165, 1.54) is 44.2 Å². The number of halogens is 1. The quantitative estimate of drug-likeness (QED) is 0.416. The summed E-state index contributed by atoms with van der Waals surface area (Å²) in [7, 11) is 0. The van der Waals surface area contributed by atoms with E-state index in [0.717, 1.165) is 25.6 Å². The molecule has 23 heavy (non-hydrogen) atoms. The fourth-order valence-corrected chi connectivity index (χ4v) is 3.33. The van der Waals surface area contributed by atoms with Crippen molar-refractivity contribution in [2.45, 2.75) is 44.7 Å². The van der Waals surface area contributed by atoms with Crippen LogP contribution < -0.4 is 11.1 Å². The average Bonchev–Trinajstić information content (AvgIpc) is 2.92. The highest BCUT2D eigenvalue weighted by Crippen LogP contribution is 2.26. The molecule has 1 saturated carbocycles. The maximum Gasteiger partial charge on any atom is 0.188 e. The van der Waals surface area contributed by atoms with Crippen molar-refractivity contribution in [3.05, 3.63) is 35.9 Å². The molecular formula is C18H29IN4. The summed E-state index contributed by atoms with van der Waals surface area (Å²) in [5.74, 6) is 1.40. The fraction of sp³-hybridized carbons (Fsp3) is 0.611. The second kappa shape index (κ2) is 9.47. The van der Waals surface area contributed by atoms with E-state index in [4.69, 9.17) is 5.73 Å². The molecule has 128 valence electrons. The zero-order valence-electron chi connectivity index (χ0n) is 13.8. The smallest absolute Gasteiger partial charge is 0.188 e. The van der Waals surface area contributed by atoms with Crippen LogP contribution in [-0.4, -0.2) is 36.5 Å². The summed E-state index contributed by atoms with van der Waals surface area (Å²) in [4.78, 5) is 7.04. The number of rotatable bonds is 6. The highest BCUT2D eigenvalue weighted by atomic mass is 127. The lowest BCUT2D eigenvalue weighted by atomic mass is 9.86. The third-order valence-electron chi connectivity index (χ3n) is 4.99. The maximum absolute atomic E-state index is 6.00. The first-order valence-corrected chi connectivity index (χ1v) is 8.63. The van der Waals surface area contributed by atoms with Gasteiger partial charge in [0.25, 0.3) is 0 Å². The minimum Gasteiger partial charge on any atom is -0.370 e. The average molecular weight is 428 g/mol. The number of benzene rings is 1. The number of nitrogens with zero attached hydrogens (tertiary/aromatic N) is 2. The first-order valence-electron chi connectivity index (χ1n) is 8.63. The van der Waals surface area contributed by atoms with Gasteiger partial charge in [0.05, 0.1) is 0 Å². The zero-order valence-corrected chi connectivity index (χ0v) is 16.1. The van der Waals surface area contributed by atoms with E-state index in [0.29, 0.717) is 12.0 Å². The number of guanidine groups is 1. The van der Waals surface area contributed by atoms with E-state index in [1.54, 1.807) is 0 Å². The second-order valence-electron chi connectivity index (χ2n) is 6.66. The van der Waals surface area contributed by atoms with E-state index in [9.17, 15) is 0 Å². The number of hydrogen-bond acceptors (Lipinski definition) is 2. The Morgan fingerprint density at radius 3 is 2.65 bits per heavy atom. The number of likely N-dealkylation sites (tertiary alicyclic amines) is 1. The molecule has 2 aliphatic rings. The van der Waals surface area contributed by atoms with E-state index < -0.39 is 0 Å². The van der Waals surface area contributed by atoms with Crippen molar-refractivity contribution in [3.8, 4) is 0 Å². The van der Waals surface area contributed by atoms with E-state index in [-0.39, 0.29) is 24.0 Å². The zero-order chi connectivity index (χ0) is 15.2. The molecular weight excluding hydrogens is 399 g/mol. The lowest BCUT2D eigenvalue weighted by Crippen LogP contribution is -2.42. The van der Waals surface area contributed by atoms with Gasteiger partial charge in [0.15, 0.2) is 5.96 Å². The molecule has 0 amide bonds. The molecule has 1 heterocycles. The Bertz CT molecular complexity index is 487. The Balaban J connectivity index is 0.00000192. The van der Waals surface area contributed by atoms with Gasteiger partial charge in [-0.25, -0.2) is 0 Å². The van der Waals surface area contributed by atoms with Crippen LogP contribution in [0.5, 0.6) is 0 Å². The van der Waals surface area contributed by atoms with Gasteiger partial charge >= 0.3 is 0 Å². The molecule has 1 aromatic carbocycles. The lowest BCUT2D eigenvalue weighted by molar-refractivity contribution is 0.245. The summed E-state index contributed by atoms with van der Waals surface area (Å²) in [5.41, 5.74) is 7.39. The molecule has 1 unspecified atom stereocenters. The van der Waals surface area contributed by atoms with Gasteiger partial charge in [0.1, 0.15) is 0 Å². The van der Waals surface area contributed by atoms with Crippen LogP contribution >= 0.6 is 24.0 Å². The first kappa shape index (κ1) is 18.5. The minimum absolute atomic E-state index is 0. The van der Waals surface area contributed by atoms with Crippen molar-refractivity contribution in [1.29, 1.82) is 0 Å². The van der Waals surface area contributed by atoms with Crippen molar-refractivity contribution >= 4 is 29.9 Å². The highest BCUT2D eigenvalue weighted by molar-refractivity contribution is 14.0. The highest BCUT2D eigenvalue weighted by Gasteiger charge is 2.24. The Labute approximate surface area is 156 Å². The van der Waals surface area contributed by atoms with Gasteiger partial charge in [-0.15, -0.1) is 24.0 Å². The van der Waals surface area contributed by atoms with Gasteiger partial charge in [-0.1, -0.05) is 36.8 Å². The van der Waals surface area contributed by atoms with Crippen LogP contribution in [0, 0.1) is 5.92 Å². The molecule has 1 aliphatic heterocycles. The van der Waals surface area contributed by atoms with Crippen LogP contribution in [0.4, 0.5) is 0 Å². The van der Waals surface area contributed by atoms with Gasteiger partial charge in [-0.05, 0) is 43.7 Å². The molecule has 3 N–H and O–H groups in total. The molecule has 5 heteroatoms. The van der Waals surface area contributed by atoms with Crippen molar-refractivity contribution < 1.29 is 0 Å². The number of nitrogens with two attached hydrogens (primary N) is 1. The number of hydrogen-bond donors (Lipinski definition) is 2. The van der Waals surface area contributed by atoms with Gasteiger partial charge in [-0.3, -0.25) is 9.89 Å². The molecule has 1 saturated heterocycles. The Morgan fingerprint density at radius 2 is 1.96 bits per heavy atom. The standard InChI is InChI=1S/C18H28N4.HI/c19-18(20-12-15-8-4-9-15)21-13-17-10-5-11-22(17)14-16-6-2-1-3-7-16;/h1-3,6-7,15,17H,4-5,8-14H2,(H3,19,20,21);1H.